The molecular formula is C20H21N3O3. The van der Waals surface area contributed by atoms with Gasteiger partial charge in [0.25, 0.3) is 0 Å². The van der Waals surface area contributed by atoms with E-state index >= 15 is 0 Å². The lowest BCUT2D eigenvalue weighted by molar-refractivity contribution is 0.187. The van der Waals surface area contributed by atoms with Crippen molar-refractivity contribution in [1.82, 2.24) is 9.78 Å². The Balaban J connectivity index is 1.73. The van der Waals surface area contributed by atoms with Crippen LogP contribution in [0.3, 0.4) is 0 Å². The zero-order valence-corrected chi connectivity index (χ0v) is 15.0. The molecule has 3 rings (SSSR count). The smallest absolute Gasteiger partial charge is 0.411 e. The Hall–Kier alpha value is -3.28. The molecule has 0 bridgehead atoms. The number of rotatable bonds is 5. The molecule has 26 heavy (non-hydrogen) atoms. The molecule has 2 aromatic carbocycles. The Bertz CT molecular complexity index is 918. The molecule has 0 spiro atoms. The number of benzene rings is 2. The van der Waals surface area contributed by atoms with E-state index in [1.54, 1.807) is 4.68 Å². The molecule has 0 atom stereocenters. The quantitative estimate of drug-likeness (QED) is 0.750. The lowest BCUT2D eigenvalue weighted by Crippen LogP contribution is -2.13. The van der Waals surface area contributed by atoms with Crippen LogP contribution in [0.15, 0.2) is 54.7 Å². The van der Waals surface area contributed by atoms with Crippen molar-refractivity contribution in [3.05, 3.63) is 65.9 Å². The third-order valence-corrected chi connectivity index (χ3v) is 4.01. The van der Waals surface area contributed by atoms with Crippen molar-refractivity contribution >= 4 is 11.8 Å². The van der Waals surface area contributed by atoms with Crippen LogP contribution in [-0.4, -0.2) is 23.0 Å². The van der Waals surface area contributed by atoms with Gasteiger partial charge in [-0.25, -0.2) is 4.79 Å². The van der Waals surface area contributed by atoms with Crippen molar-refractivity contribution in [3.63, 3.8) is 0 Å². The van der Waals surface area contributed by atoms with Gasteiger partial charge in [-0.1, -0.05) is 18.2 Å². The maximum atomic E-state index is 11.5. The molecule has 6 nitrogen and oxygen atoms in total. The van der Waals surface area contributed by atoms with Crippen molar-refractivity contribution in [2.24, 2.45) is 7.05 Å². The number of nitrogens with zero attached hydrogens (tertiary/aromatic N) is 2. The Morgan fingerprint density at radius 2 is 2.00 bits per heavy atom. The van der Waals surface area contributed by atoms with E-state index in [-0.39, 0.29) is 0 Å². The molecule has 134 valence electrons. The van der Waals surface area contributed by atoms with Gasteiger partial charge in [-0.3, -0.25) is 10.00 Å². The number of hydrogen-bond donors (Lipinski definition) is 1. The highest BCUT2D eigenvalue weighted by Crippen LogP contribution is 2.26. The number of anilines is 1. The van der Waals surface area contributed by atoms with E-state index in [4.69, 9.17) is 4.74 Å². The van der Waals surface area contributed by atoms with Crippen LogP contribution >= 0.6 is 0 Å². The molecule has 0 aliphatic carbocycles. The lowest BCUT2D eigenvalue weighted by atomic mass is 10.1. The predicted molar refractivity (Wildman–Crippen MR) is 100 cm³/mol. The minimum absolute atomic E-state index is 0.337. The van der Waals surface area contributed by atoms with Crippen molar-refractivity contribution in [1.29, 1.82) is 0 Å². The van der Waals surface area contributed by atoms with Crippen LogP contribution in [0.2, 0.25) is 0 Å². The van der Waals surface area contributed by atoms with Gasteiger partial charge in [-0.05, 0) is 42.8 Å². The van der Waals surface area contributed by atoms with Gasteiger partial charge >= 0.3 is 6.09 Å². The number of aryl methyl sites for hydroxylation is 2. The van der Waals surface area contributed by atoms with Crippen LogP contribution in [0.5, 0.6) is 5.75 Å². The molecule has 0 saturated heterocycles. The van der Waals surface area contributed by atoms with E-state index in [0.717, 1.165) is 28.1 Å². The molecule has 3 aromatic rings. The van der Waals surface area contributed by atoms with E-state index in [0.29, 0.717) is 12.3 Å². The molecule has 0 aliphatic heterocycles. The van der Waals surface area contributed by atoms with Gasteiger partial charge in [0, 0.05) is 24.4 Å². The number of carbonyl (C=O) groups is 1. The minimum Gasteiger partial charge on any atom is -0.489 e. The molecule has 0 saturated carbocycles. The largest absolute Gasteiger partial charge is 0.489 e. The highest BCUT2D eigenvalue weighted by Gasteiger charge is 2.09. The molecule has 1 aromatic heterocycles. The predicted octanol–water partition coefficient (Wildman–Crippen LogP) is 4.15. The fourth-order valence-corrected chi connectivity index (χ4v) is 2.62. The number of aromatic nitrogens is 2. The third-order valence-electron chi connectivity index (χ3n) is 4.01. The van der Waals surface area contributed by atoms with Gasteiger partial charge in [-0.2, -0.15) is 5.10 Å². The first-order valence-corrected chi connectivity index (χ1v) is 8.23. The Kier molecular flexibility index (Phi) is 5.22. The standard InChI is InChI=1S/C20H21N3O3/c1-14-12-15(18-10-11-23(2)22-18)8-9-19(14)26-13-16-6-4-5-7-17(16)21-20(24)25-3/h4-12H,13H2,1-3H3,(H,21,24). The summed E-state index contributed by atoms with van der Waals surface area (Å²) in [4.78, 5) is 11.5. The number of ether oxygens (including phenoxy) is 2. The van der Waals surface area contributed by atoms with E-state index < -0.39 is 6.09 Å². The monoisotopic (exact) mass is 351 g/mol. The second-order valence-corrected chi connectivity index (χ2v) is 5.92. The van der Waals surface area contributed by atoms with Crippen LogP contribution < -0.4 is 10.1 Å². The van der Waals surface area contributed by atoms with Gasteiger partial charge in [0.15, 0.2) is 0 Å². The maximum Gasteiger partial charge on any atom is 0.411 e. The summed E-state index contributed by atoms with van der Waals surface area (Å²) in [5.74, 6) is 0.789. The molecule has 1 N–H and O–H groups in total. The first kappa shape index (κ1) is 17.5. The zero-order valence-electron chi connectivity index (χ0n) is 15.0. The molecule has 1 heterocycles. The Morgan fingerprint density at radius 1 is 1.19 bits per heavy atom. The number of carbonyl (C=O) groups excluding carboxylic acids is 1. The van der Waals surface area contributed by atoms with Gasteiger partial charge in [0.2, 0.25) is 0 Å². The number of amides is 1. The normalized spacial score (nSPS) is 10.4. The molecule has 0 aliphatic rings. The topological polar surface area (TPSA) is 65.4 Å². The van der Waals surface area contributed by atoms with Gasteiger partial charge < -0.3 is 9.47 Å². The van der Waals surface area contributed by atoms with Crippen molar-refractivity contribution in [3.8, 4) is 17.0 Å². The van der Waals surface area contributed by atoms with Crippen LogP contribution in [0.1, 0.15) is 11.1 Å². The highest BCUT2D eigenvalue weighted by atomic mass is 16.5. The van der Waals surface area contributed by atoms with Gasteiger partial charge in [-0.15, -0.1) is 0 Å². The summed E-state index contributed by atoms with van der Waals surface area (Å²) in [6, 6.07) is 15.4. The first-order valence-electron chi connectivity index (χ1n) is 8.23. The summed E-state index contributed by atoms with van der Waals surface area (Å²) in [6.07, 6.45) is 1.41. The average Bonchev–Trinajstić information content (AvgIpc) is 3.08. The zero-order chi connectivity index (χ0) is 18.5. The van der Waals surface area contributed by atoms with Crippen LogP contribution in [-0.2, 0) is 18.4 Å². The van der Waals surface area contributed by atoms with Crippen molar-refractivity contribution in [2.75, 3.05) is 12.4 Å². The second kappa shape index (κ2) is 7.74. The summed E-state index contributed by atoms with van der Waals surface area (Å²) in [5.41, 5.74) is 4.53. The van der Waals surface area contributed by atoms with Crippen LogP contribution in [0.4, 0.5) is 10.5 Å². The molecule has 1 amide bonds. The SMILES string of the molecule is COC(=O)Nc1ccccc1COc1ccc(-c2ccn(C)n2)cc1C. The van der Waals surface area contributed by atoms with Crippen LogP contribution in [0.25, 0.3) is 11.3 Å². The molecule has 0 unspecified atom stereocenters. The second-order valence-electron chi connectivity index (χ2n) is 5.92. The highest BCUT2D eigenvalue weighted by molar-refractivity contribution is 5.85. The Morgan fingerprint density at radius 3 is 2.69 bits per heavy atom. The van der Waals surface area contributed by atoms with Crippen molar-refractivity contribution < 1.29 is 14.3 Å². The van der Waals surface area contributed by atoms with E-state index in [1.165, 1.54) is 7.11 Å². The van der Waals surface area contributed by atoms with Crippen molar-refractivity contribution in [2.45, 2.75) is 13.5 Å². The van der Waals surface area contributed by atoms with E-state index in [1.807, 2.05) is 62.6 Å². The summed E-state index contributed by atoms with van der Waals surface area (Å²) in [5, 5.41) is 7.11. The van der Waals surface area contributed by atoms with E-state index in [9.17, 15) is 4.79 Å². The summed E-state index contributed by atoms with van der Waals surface area (Å²) < 4.78 is 12.4. The number of methoxy groups -OCH3 is 1. The number of nitrogens with one attached hydrogen (secondary N) is 1. The fourth-order valence-electron chi connectivity index (χ4n) is 2.62. The fraction of sp³-hybridized carbons (Fsp3) is 0.200. The Labute approximate surface area is 152 Å². The number of hydrogen-bond acceptors (Lipinski definition) is 4. The molecule has 0 fully saturated rings. The molecular weight excluding hydrogens is 330 g/mol. The minimum atomic E-state index is -0.506. The van der Waals surface area contributed by atoms with Gasteiger partial charge in [0.05, 0.1) is 18.5 Å². The van der Waals surface area contributed by atoms with Gasteiger partial charge in [0.1, 0.15) is 12.4 Å². The molecule has 0 radical (unpaired) electrons. The lowest BCUT2D eigenvalue weighted by Gasteiger charge is -2.13. The number of para-hydroxylation sites is 1. The van der Waals surface area contributed by atoms with Crippen LogP contribution in [0, 0.1) is 6.92 Å². The first-order chi connectivity index (χ1) is 12.6. The third kappa shape index (κ3) is 4.03. The maximum absolute atomic E-state index is 11.5. The summed E-state index contributed by atoms with van der Waals surface area (Å²) in [7, 11) is 3.23. The van der Waals surface area contributed by atoms with E-state index in [2.05, 4.69) is 21.2 Å². The average molecular weight is 351 g/mol. The molecule has 6 heteroatoms. The summed E-state index contributed by atoms with van der Waals surface area (Å²) >= 11 is 0. The summed E-state index contributed by atoms with van der Waals surface area (Å²) in [6.45, 7) is 2.34.